The molecular formula is C16H26ClN3. The molecule has 112 valence electrons. The van der Waals surface area contributed by atoms with E-state index >= 15 is 0 Å². The zero-order valence-electron chi connectivity index (χ0n) is 12.8. The molecule has 1 aliphatic heterocycles. The summed E-state index contributed by atoms with van der Waals surface area (Å²) < 4.78 is 0. The van der Waals surface area contributed by atoms with Gasteiger partial charge in [0.05, 0.1) is 0 Å². The van der Waals surface area contributed by atoms with E-state index in [1.54, 1.807) is 0 Å². The highest BCUT2D eigenvalue weighted by Gasteiger charge is 2.21. The number of rotatable bonds is 5. The molecule has 1 atom stereocenters. The van der Waals surface area contributed by atoms with Gasteiger partial charge in [-0.1, -0.05) is 24.6 Å². The Morgan fingerprint density at radius 1 is 1.40 bits per heavy atom. The molecule has 1 aromatic rings. The van der Waals surface area contributed by atoms with Crippen LogP contribution in [0.1, 0.15) is 25.3 Å². The van der Waals surface area contributed by atoms with Gasteiger partial charge in [0.1, 0.15) is 0 Å². The quantitative estimate of drug-likeness (QED) is 0.901. The second-order valence-electron chi connectivity index (χ2n) is 5.76. The lowest BCUT2D eigenvalue weighted by atomic mass is 10.0. The summed E-state index contributed by atoms with van der Waals surface area (Å²) in [6.07, 6.45) is 2.54. The highest BCUT2D eigenvalue weighted by molar-refractivity contribution is 6.31. The molecule has 1 aliphatic rings. The van der Waals surface area contributed by atoms with Crippen LogP contribution in [-0.2, 0) is 6.54 Å². The SMILES string of the molecule is CCNCc1ccc(N2CCCC(N(C)C)C2)cc1Cl. The van der Waals surface area contributed by atoms with Crippen molar-refractivity contribution in [2.45, 2.75) is 32.4 Å². The largest absolute Gasteiger partial charge is 0.370 e. The molecule has 0 spiro atoms. The van der Waals surface area contributed by atoms with Crippen LogP contribution in [0.25, 0.3) is 0 Å². The van der Waals surface area contributed by atoms with Crippen molar-refractivity contribution >= 4 is 17.3 Å². The van der Waals surface area contributed by atoms with Gasteiger partial charge in [0, 0.05) is 36.4 Å². The third-order valence-corrected chi connectivity index (χ3v) is 4.45. The van der Waals surface area contributed by atoms with E-state index in [2.05, 4.69) is 54.3 Å². The van der Waals surface area contributed by atoms with Crippen molar-refractivity contribution in [3.05, 3.63) is 28.8 Å². The lowest BCUT2D eigenvalue weighted by Crippen LogP contribution is -2.45. The van der Waals surface area contributed by atoms with Crippen LogP contribution in [0.2, 0.25) is 5.02 Å². The number of likely N-dealkylation sites (N-methyl/N-ethyl adjacent to an activating group) is 1. The van der Waals surface area contributed by atoms with Crippen LogP contribution in [0.15, 0.2) is 18.2 Å². The van der Waals surface area contributed by atoms with Crippen molar-refractivity contribution in [2.24, 2.45) is 0 Å². The molecule has 2 rings (SSSR count). The monoisotopic (exact) mass is 295 g/mol. The fraction of sp³-hybridized carbons (Fsp3) is 0.625. The third kappa shape index (κ3) is 3.87. The predicted octanol–water partition coefficient (Wildman–Crippen LogP) is 2.98. The van der Waals surface area contributed by atoms with Crippen molar-refractivity contribution < 1.29 is 0 Å². The molecule has 1 unspecified atom stereocenters. The number of halogens is 1. The van der Waals surface area contributed by atoms with Crippen molar-refractivity contribution in [1.82, 2.24) is 10.2 Å². The van der Waals surface area contributed by atoms with Gasteiger partial charge >= 0.3 is 0 Å². The van der Waals surface area contributed by atoms with Crippen molar-refractivity contribution in [3.63, 3.8) is 0 Å². The van der Waals surface area contributed by atoms with Gasteiger partial charge in [-0.3, -0.25) is 0 Å². The molecule has 0 amide bonds. The Morgan fingerprint density at radius 2 is 2.20 bits per heavy atom. The second kappa shape index (κ2) is 7.30. The van der Waals surface area contributed by atoms with Crippen molar-refractivity contribution in [2.75, 3.05) is 38.6 Å². The number of nitrogens with one attached hydrogen (secondary N) is 1. The van der Waals surface area contributed by atoms with Crippen molar-refractivity contribution in [1.29, 1.82) is 0 Å². The summed E-state index contributed by atoms with van der Waals surface area (Å²) >= 11 is 6.41. The van der Waals surface area contributed by atoms with E-state index in [9.17, 15) is 0 Å². The van der Waals surface area contributed by atoms with E-state index in [0.717, 1.165) is 31.2 Å². The molecule has 0 aliphatic carbocycles. The predicted molar refractivity (Wildman–Crippen MR) is 87.8 cm³/mol. The summed E-state index contributed by atoms with van der Waals surface area (Å²) in [5.74, 6) is 0. The molecule has 3 nitrogen and oxygen atoms in total. The first kappa shape index (κ1) is 15.6. The zero-order chi connectivity index (χ0) is 14.5. The molecule has 0 saturated carbocycles. The Balaban J connectivity index is 2.07. The maximum absolute atomic E-state index is 6.41. The zero-order valence-corrected chi connectivity index (χ0v) is 13.6. The number of hydrogen-bond donors (Lipinski definition) is 1. The molecule has 0 radical (unpaired) electrons. The maximum Gasteiger partial charge on any atom is 0.0471 e. The Hall–Kier alpha value is -0.770. The minimum absolute atomic E-state index is 0.643. The molecule has 1 fully saturated rings. The maximum atomic E-state index is 6.41. The van der Waals surface area contributed by atoms with Gasteiger partial charge in [-0.05, 0) is 51.2 Å². The highest BCUT2D eigenvalue weighted by Crippen LogP contribution is 2.26. The average molecular weight is 296 g/mol. The minimum atomic E-state index is 0.643. The molecule has 1 N–H and O–H groups in total. The van der Waals surface area contributed by atoms with E-state index in [1.807, 2.05) is 0 Å². The first-order valence-corrected chi connectivity index (χ1v) is 7.90. The van der Waals surface area contributed by atoms with Gasteiger partial charge in [-0.25, -0.2) is 0 Å². The molecule has 0 bridgehead atoms. The summed E-state index contributed by atoms with van der Waals surface area (Å²) in [5.41, 5.74) is 2.43. The van der Waals surface area contributed by atoms with Crippen LogP contribution in [0.5, 0.6) is 0 Å². The minimum Gasteiger partial charge on any atom is -0.370 e. The van der Waals surface area contributed by atoms with Crippen LogP contribution >= 0.6 is 11.6 Å². The Labute approximate surface area is 127 Å². The van der Waals surface area contributed by atoms with Crippen LogP contribution in [0, 0.1) is 0 Å². The summed E-state index contributed by atoms with van der Waals surface area (Å²) in [7, 11) is 4.33. The second-order valence-corrected chi connectivity index (χ2v) is 6.17. The molecule has 20 heavy (non-hydrogen) atoms. The van der Waals surface area contributed by atoms with E-state index < -0.39 is 0 Å². The lowest BCUT2D eigenvalue weighted by molar-refractivity contribution is 0.258. The van der Waals surface area contributed by atoms with E-state index in [0.29, 0.717) is 6.04 Å². The molecule has 1 heterocycles. The molecule has 1 aromatic carbocycles. The normalized spacial score (nSPS) is 19.6. The Kier molecular flexibility index (Phi) is 5.70. The van der Waals surface area contributed by atoms with Gasteiger partial charge in [0.25, 0.3) is 0 Å². The molecule has 0 aromatic heterocycles. The van der Waals surface area contributed by atoms with E-state index in [1.165, 1.54) is 24.1 Å². The molecular weight excluding hydrogens is 270 g/mol. The Bertz CT molecular complexity index is 434. The summed E-state index contributed by atoms with van der Waals surface area (Å²) in [6, 6.07) is 7.12. The van der Waals surface area contributed by atoms with Crippen molar-refractivity contribution in [3.8, 4) is 0 Å². The molecule has 4 heteroatoms. The Morgan fingerprint density at radius 3 is 2.85 bits per heavy atom. The first-order valence-electron chi connectivity index (χ1n) is 7.52. The smallest absolute Gasteiger partial charge is 0.0471 e. The lowest BCUT2D eigenvalue weighted by Gasteiger charge is -2.37. The standard InChI is InChI=1S/C16H26ClN3/c1-4-18-11-13-7-8-14(10-16(13)17)20-9-5-6-15(12-20)19(2)3/h7-8,10,15,18H,4-6,9,11-12H2,1-3H3. The van der Waals surface area contributed by atoms with Gasteiger partial charge < -0.3 is 15.1 Å². The number of hydrogen-bond acceptors (Lipinski definition) is 3. The van der Waals surface area contributed by atoms with Crippen LogP contribution in [0.4, 0.5) is 5.69 Å². The van der Waals surface area contributed by atoms with Crippen LogP contribution in [0.3, 0.4) is 0 Å². The molecule has 1 saturated heterocycles. The summed E-state index contributed by atoms with van der Waals surface area (Å²) in [5, 5.41) is 4.19. The summed E-state index contributed by atoms with van der Waals surface area (Å²) in [6.45, 7) is 6.14. The third-order valence-electron chi connectivity index (χ3n) is 4.09. The van der Waals surface area contributed by atoms with Gasteiger partial charge in [0.15, 0.2) is 0 Å². The topological polar surface area (TPSA) is 18.5 Å². The number of piperidine rings is 1. The van der Waals surface area contributed by atoms with Gasteiger partial charge in [0.2, 0.25) is 0 Å². The van der Waals surface area contributed by atoms with Gasteiger partial charge in [-0.15, -0.1) is 0 Å². The average Bonchev–Trinajstić information content (AvgIpc) is 2.46. The fourth-order valence-electron chi connectivity index (χ4n) is 2.75. The van der Waals surface area contributed by atoms with E-state index in [4.69, 9.17) is 11.6 Å². The fourth-order valence-corrected chi connectivity index (χ4v) is 2.99. The van der Waals surface area contributed by atoms with Crippen LogP contribution in [-0.4, -0.2) is 44.7 Å². The highest BCUT2D eigenvalue weighted by atomic mass is 35.5. The number of benzene rings is 1. The summed E-state index contributed by atoms with van der Waals surface area (Å²) in [4.78, 5) is 4.78. The van der Waals surface area contributed by atoms with Gasteiger partial charge in [-0.2, -0.15) is 0 Å². The number of nitrogens with zero attached hydrogens (tertiary/aromatic N) is 2. The first-order chi connectivity index (χ1) is 9.61. The number of anilines is 1. The van der Waals surface area contributed by atoms with E-state index in [-0.39, 0.29) is 0 Å². The van der Waals surface area contributed by atoms with Crippen LogP contribution < -0.4 is 10.2 Å².